The maximum Gasteiger partial charge on any atom is 0.266 e. The second kappa shape index (κ2) is 10.4. The number of amides is 2. The van der Waals surface area contributed by atoms with Gasteiger partial charge in [0.1, 0.15) is 5.56 Å². The van der Waals surface area contributed by atoms with Crippen molar-refractivity contribution in [2.45, 2.75) is 6.54 Å². The molecule has 190 valence electrons. The number of hydrogen-bond donors (Lipinski definition) is 3. The summed E-state index contributed by atoms with van der Waals surface area (Å²) in [4.78, 5) is 48.5. The second-order valence-corrected chi connectivity index (χ2v) is 8.43. The Hall–Kier alpha value is -5.19. The van der Waals surface area contributed by atoms with Crippen molar-refractivity contribution in [1.82, 2.24) is 24.8 Å². The largest absolute Gasteiger partial charge is 0.348 e. The third-order valence-corrected chi connectivity index (χ3v) is 5.82. The molecular weight excluding hydrogens is 494 g/mol. The maximum absolute atomic E-state index is 13.5. The number of benzene rings is 2. The van der Waals surface area contributed by atoms with E-state index in [0.29, 0.717) is 22.5 Å². The molecule has 2 aromatic heterocycles. The standard InChI is InChI=1S/C27H20F2N6O3/c28-22-6-4-17(8-23(22)29)13-35-15-31-12-21(27(35)38)25(36)32-7-1-2-16-3-5-19-20(10-18-11-30-14-33-18)26(37)34-24(19)9-16/h1-6,8-12,14-15H,7,13H2,(H,30,33)(H,32,36)(H,34,37)/b2-1+,20-10?. The van der Waals surface area contributed by atoms with E-state index in [1.54, 1.807) is 24.4 Å². The highest BCUT2D eigenvalue weighted by Gasteiger charge is 2.24. The molecule has 0 saturated heterocycles. The lowest BCUT2D eigenvalue weighted by Gasteiger charge is -2.08. The number of rotatable bonds is 7. The van der Waals surface area contributed by atoms with E-state index in [0.717, 1.165) is 34.0 Å². The lowest BCUT2D eigenvalue weighted by Crippen LogP contribution is -2.33. The van der Waals surface area contributed by atoms with Crippen molar-refractivity contribution in [3.05, 3.63) is 117 Å². The minimum absolute atomic E-state index is 0.0717. The summed E-state index contributed by atoms with van der Waals surface area (Å²) in [5.41, 5.74) is 3.04. The number of carbonyl (C=O) groups is 2. The molecule has 1 aliphatic rings. The van der Waals surface area contributed by atoms with Crippen molar-refractivity contribution in [2.75, 3.05) is 11.9 Å². The Balaban J connectivity index is 1.22. The minimum Gasteiger partial charge on any atom is -0.348 e. The molecule has 0 spiro atoms. The number of aromatic amines is 1. The fourth-order valence-electron chi connectivity index (χ4n) is 3.96. The van der Waals surface area contributed by atoms with Gasteiger partial charge in [0.15, 0.2) is 11.6 Å². The summed E-state index contributed by atoms with van der Waals surface area (Å²) >= 11 is 0. The number of halogens is 2. The Morgan fingerprint density at radius 3 is 2.71 bits per heavy atom. The van der Waals surface area contributed by atoms with Crippen LogP contribution in [0.4, 0.5) is 14.5 Å². The van der Waals surface area contributed by atoms with Crippen LogP contribution in [0.5, 0.6) is 0 Å². The molecular formula is C27H20F2N6O3. The van der Waals surface area contributed by atoms with Gasteiger partial charge < -0.3 is 15.6 Å². The van der Waals surface area contributed by atoms with Crippen LogP contribution in [0.1, 0.15) is 32.7 Å². The number of carbonyl (C=O) groups excluding carboxylic acids is 2. The van der Waals surface area contributed by atoms with Crippen LogP contribution in [-0.4, -0.2) is 37.9 Å². The van der Waals surface area contributed by atoms with Crippen LogP contribution in [0.2, 0.25) is 0 Å². The summed E-state index contributed by atoms with van der Waals surface area (Å²) in [5, 5.41) is 5.47. The molecule has 38 heavy (non-hydrogen) atoms. The maximum atomic E-state index is 13.5. The molecule has 0 bridgehead atoms. The fourth-order valence-corrected chi connectivity index (χ4v) is 3.96. The van der Waals surface area contributed by atoms with E-state index < -0.39 is 23.1 Å². The molecule has 2 aromatic carbocycles. The van der Waals surface area contributed by atoms with Crippen LogP contribution in [0.15, 0.2) is 72.3 Å². The van der Waals surface area contributed by atoms with Gasteiger partial charge in [-0.3, -0.25) is 19.0 Å². The zero-order valence-electron chi connectivity index (χ0n) is 19.7. The normalized spacial score (nSPS) is 13.6. The van der Waals surface area contributed by atoms with Crippen molar-refractivity contribution in [2.24, 2.45) is 0 Å². The zero-order chi connectivity index (χ0) is 26.6. The van der Waals surface area contributed by atoms with Crippen molar-refractivity contribution in [1.29, 1.82) is 0 Å². The van der Waals surface area contributed by atoms with E-state index in [1.165, 1.54) is 18.7 Å². The number of aromatic nitrogens is 4. The number of imidazole rings is 1. The van der Waals surface area contributed by atoms with Crippen molar-refractivity contribution < 1.29 is 18.4 Å². The third-order valence-electron chi connectivity index (χ3n) is 5.82. The highest BCUT2D eigenvalue weighted by Crippen LogP contribution is 2.33. The second-order valence-electron chi connectivity index (χ2n) is 8.43. The molecule has 0 unspecified atom stereocenters. The van der Waals surface area contributed by atoms with Gasteiger partial charge in [-0.1, -0.05) is 30.4 Å². The molecule has 0 saturated carbocycles. The van der Waals surface area contributed by atoms with Gasteiger partial charge in [0.25, 0.3) is 17.4 Å². The quantitative estimate of drug-likeness (QED) is 0.327. The molecule has 3 heterocycles. The number of nitrogens with one attached hydrogen (secondary N) is 3. The van der Waals surface area contributed by atoms with E-state index in [-0.39, 0.29) is 24.6 Å². The molecule has 0 radical (unpaired) electrons. The van der Waals surface area contributed by atoms with Crippen LogP contribution in [-0.2, 0) is 11.3 Å². The minimum atomic E-state index is -1.03. The van der Waals surface area contributed by atoms with Crippen molar-refractivity contribution in [3.63, 3.8) is 0 Å². The monoisotopic (exact) mass is 514 g/mol. The Kier molecular flexibility index (Phi) is 6.72. The molecule has 0 atom stereocenters. The van der Waals surface area contributed by atoms with Gasteiger partial charge in [-0.2, -0.15) is 0 Å². The van der Waals surface area contributed by atoms with E-state index in [2.05, 4.69) is 25.6 Å². The van der Waals surface area contributed by atoms with Crippen molar-refractivity contribution in [3.8, 4) is 0 Å². The van der Waals surface area contributed by atoms with E-state index in [4.69, 9.17) is 0 Å². The first-order valence-corrected chi connectivity index (χ1v) is 11.5. The highest BCUT2D eigenvalue weighted by atomic mass is 19.2. The van der Waals surface area contributed by atoms with Crippen LogP contribution in [0, 0.1) is 11.6 Å². The summed E-state index contributed by atoms with van der Waals surface area (Å²) in [6, 6.07) is 8.80. The Morgan fingerprint density at radius 1 is 1.05 bits per heavy atom. The van der Waals surface area contributed by atoms with Gasteiger partial charge in [0.05, 0.1) is 36.7 Å². The summed E-state index contributed by atoms with van der Waals surface area (Å²) in [7, 11) is 0. The summed E-state index contributed by atoms with van der Waals surface area (Å²) < 4.78 is 27.8. The summed E-state index contributed by atoms with van der Waals surface area (Å²) in [6.45, 7) is 0.0580. The molecule has 2 amide bonds. The molecule has 0 aliphatic carbocycles. The van der Waals surface area contributed by atoms with Gasteiger partial charge in [0.2, 0.25) is 0 Å². The molecule has 3 N–H and O–H groups in total. The smallest absolute Gasteiger partial charge is 0.266 e. The highest BCUT2D eigenvalue weighted by molar-refractivity contribution is 6.34. The molecule has 1 aliphatic heterocycles. The SMILES string of the molecule is O=C1Nc2cc(/C=C/CNC(=O)c3cncn(Cc4ccc(F)c(F)c4)c3=O)ccc2C1=Cc1cnc[nH]1. The topological polar surface area (TPSA) is 122 Å². The third kappa shape index (κ3) is 5.16. The van der Waals surface area contributed by atoms with Gasteiger partial charge in [-0.05, 0) is 35.4 Å². The predicted molar refractivity (Wildman–Crippen MR) is 137 cm³/mol. The van der Waals surface area contributed by atoms with Crippen molar-refractivity contribution >= 4 is 35.2 Å². The van der Waals surface area contributed by atoms with Crippen LogP contribution in [0.3, 0.4) is 0 Å². The molecule has 9 nitrogen and oxygen atoms in total. The Morgan fingerprint density at radius 2 is 1.92 bits per heavy atom. The van der Waals surface area contributed by atoms with E-state index in [9.17, 15) is 23.2 Å². The van der Waals surface area contributed by atoms with Gasteiger partial charge >= 0.3 is 0 Å². The lowest BCUT2D eigenvalue weighted by molar-refractivity contribution is -0.110. The van der Waals surface area contributed by atoms with E-state index >= 15 is 0 Å². The van der Waals surface area contributed by atoms with Gasteiger partial charge in [-0.15, -0.1) is 0 Å². The molecule has 11 heteroatoms. The number of fused-ring (bicyclic) bond motifs is 1. The zero-order valence-corrected chi connectivity index (χ0v) is 19.7. The molecule has 0 fully saturated rings. The fraction of sp³-hybridized carbons (Fsp3) is 0.0741. The van der Waals surface area contributed by atoms with Gasteiger partial charge in [-0.25, -0.2) is 18.7 Å². The van der Waals surface area contributed by atoms with Crippen LogP contribution < -0.4 is 16.2 Å². The van der Waals surface area contributed by atoms with Gasteiger partial charge in [0, 0.05) is 24.0 Å². The first-order chi connectivity index (χ1) is 18.4. The summed E-state index contributed by atoms with van der Waals surface area (Å²) in [6.07, 6.45) is 10.7. The average Bonchev–Trinajstić information content (AvgIpc) is 3.53. The Bertz CT molecular complexity index is 1660. The first kappa shape index (κ1) is 24.5. The number of hydrogen-bond acceptors (Lipinski definition) is 5. The Labute approximate surface area is 214 Å². The first-order valence-electron chi connectivity index (χ1n) is 11.5. The molecule has 5 rings (SSSR count). The predicted octanol–water partition coefficient (Wildman–Crippen LogP) is 3.23. The number of H-pyrrole nitrogens is 1. The average molecular weight is 514 g/mol. The van der Waals surface area contributed by atoms with E-state index in [1.807, 2.05) is 18.2 Å². The summed E-state index contributed by atoms with van der Waals surface area (Å²) in [5.74, 6) is -2.85. The van der Waals surface area contributed by atoms with Crippen LogP contribution >= 0.6 is 0 Å². The lowest BCUT2D eigenvalue weighted by atomic mass is 10.0. The van der Waals surface area contributed by atoms with Crippen LogP contribution in [0.25, 0.3) is 17.7 Å². The number of anilines is 1. The number of nitrogens with zero attached hydrogens (tertiary/aromatic N) is 3. The molecule has 4 aromatic rings.